The van der Waals surface area contributed by atoms with E-state index in [9.17, 15) is 19.5 Å². The quantitative estimate of drug-likeness (QED) is 0.0902. The first-order chi connectivity index (χ1) is 21.9. The molecule has 3 aromatic rings. The van der Waals surface area contributed by atoms with E-state index in [1.807, 2.05) is 97.1 Å². The number of amides is 2. The van der Waals surface area contributed by atoms with E-state index in [2.05, 4.69) is 18.5 Å². The number of hydrogen-bond acceptors (Lipinski definition) is 5. The molecule has 2 amide bonds. The van der Waals surface area contributed by atoms with E-state index in [1.165, 1.54) is 0 Å². The van der Waals surface area contributed by atoms with Gasteiger partial charge in [-0.15, -0.1) is 13.2 Å². The molecule has 0 aromatic heterocycles. The van der Waals surface area contributed by atoms with Crippen molar-refractivity contribution in [2.45, 2.75) is 51.1 Å². The zero-order valence-corrected chi connectivity index (χ0v) is 26.1. The molecule has 0 saturated carbocycles. The van der Waals surface area contributed by atoms with Gasteiger partial charge >= 0.3 is 5.97 Å². The first kappa shape index (κ1) is 35.0. The second kappa shape index (κ2) is 19.7. The average Bonchev–Trinajstić information content (AvgIpc) is 3.07. The van der Waals surface area contributed by atoms with Crippen LogP contribution in [0.2, 0.25) is 0 Å². The number of nitrogens with one attached hydrogen (secondary N) is 1. The van der Waals surface area contributed by atoms with Crippen LogP contribution >= 0.6 is 0 Å². The van der Waals surface area contributed by atoms with Crippen LogP contribution in [0.25, 0.3) is 0 Å². The number of rotatable bonds is 20. The number of nitrogens with zero attached hydrogens (tertiary/aromatic N) is 1. The molecule has 0 spiro atoms. The molecule has 0 fully saturated rings. The summed E-state index contributed by atoms with van der Waals surface area (Å²) in [7, 11) is 0. The Morgan fingerprint density at radius 3 is 2.07 bits per heavy atom. The van der Waals surface area contributed by atoms with Gasteiger partial charge in [0.15, 0.2) is 0 Å². The van der Waals surface area contributed by atoms with Crippen molar-refractivity contribution in [3.05, 3.63) is 133 Å². The largest absolute Gasteiger partial charge is 0.463 e. The van der Waals surface area contributed by atoms with Gasteiger partial charge in [0.05, 0.1) is 24.5 Å². The minimum Gasteiger partial charge on any atom is -0.463 e. The van der Waals surface area contributed by atoms with Gasteiger partial charge in [-0.3, -0.25) is 14.4 Å². The molecule has 0 unspecified atom stereocenters. The highest BCUT2D eigenvalue weighted by molar-refractivity contribution is 5.86. The van der Waals surface area contributed by atoms with Gasteiger partial charge in [-0.05, 0) is 48.8 Å². The van der Waals surface area contributed by atoms with Crippen LogP contribution in [0, 0.1) is 11.8 Å². The normalized spacial score (nSPS) is 12.7. The molecule has 7 heteroatoms. The Morgan fingerprint density at radius 1 is 0.844 bits per heavy atom. The van der Waals surface area contributed by atoms with Gasteiger partial charge in [0.2, 0.25) is 11.8 Å². The predicted molar refractivity (Wildman–Crippen MR) is 178 cm³/mol. The molecule has 238 valence electrons. The van der Waals surface area contributed by atoms with E-state index in [1.54, 1.807) is 11.0 Å². The van der Waals surface area contributed by atoms with Crippen molar-refractivity contribution < 1.29 is 24.2 Å². The minimum atomic E-state index is -0.682. The third-order valence-corrected chi connectivity index (χ3v) is 7.71. The van der Waals surface area contributed by atoms with Gasteiger partial charge < -0.3 is 20.1 Å². The van der Waals surface area contributed by atoms with Crippen molar-refractivity contribution in [1.29, 1.82) is 0 Å². The zero-order valence-electron chi connectivity index (χ0n) is 26.1. The highest BCUT2D eigenvalue weighted by Gasteiger charge is 2.28. The standard InChI is InChI=1S/C38H46N2O5/c1-3-5-9-23-34(26-30-17-10-6-11-18-30)38(44)45-29-35(32-21-14-8-15-22-32)39-37(43)33(16-4-2)27-36(42)40(24-25-41)28-31-19-12-7-13-20-31/h3-4,6-8,10-15,17-22,33-35,41H,1-2,5,9,16,23-29H2,(H,39,43)/t33-,34-,35-/m1/s1. The third kappa shape index (κ3) is 12.2. The van der Waals surface area contributed by atoms with Crippen molar-refractivity contribution in [2.75, 3.05) is 19.8 Å². The smallest absolute Gasteiger partial charge is 0.309 e. The molecule has 2 N–H and O–H groups in total. The van der Waals surface area contributed by atoms with Crippen molar-refractivity contribution in [1.82, 2.24) is 10.2 Å². The molecule has 0 saturated heterocycles. The summed E-state index contributed by atoms with van der Waals surface area (Å²) in [5, 5.41) is 12.6. The number of esters is 1. The summed E-state index contributed by atoms with van der Waals surface area (Å²) in [5.41, 5.74) is 2.79. The SMILES string of the molecule is C=CCCC[C@H](Cc1ccccc1)C(=O)OC[C@@H](NC(=O)[C@H](CC=C)CC(=O)N(CCO)Cc1ccccc1)c1ccccc1. The van der Waals surface area contributed by atoms with Crippen LogP contribution in [0.3, 0.4) is 0 Å². The number of allylic oxidation sites excluding steroid dienone is 2. The molecule has 0 heterocycles. The van der Waals surface area contributed by atoms with Crippen molar-refractivity contribution in [3.63, 3.8) is 0 Å². The summed E-state index contributed by atoms with van der Waals surface area (Å²) in [6.45, 7) is 7.87. The van der Waals surface area contributed by atoms with Crippen LogP contribution in [0.1, 0.15) is 54.8 Å². The highest BCUT2D eigenvalue weighted by atomic mass is 16.5. The van der Waals surface area contributed by atoms with Crippen molar-refractivity contribution in [3.8, 4) is 0 Å². The second-order valence-electron chi connectivity index (χ2n) is 11.2. The molecule has 3 aromatic carbocycles. The van der Waals surface area contributed by atoms with Crippen molar-refractivity contribution >= 4 is 17.8 Å². The van der Waals surface area contributed by atoms with Gasteiger partial charge in [0, 0.05) is 19.5 Å². The molecule has 0 aliphatic carbocycles. The lowest BCUT2D eigenvalue weighted by atomic mass is 9.94. The molecule has 0 radical (unpaired) electrons. The third-order valence-electron chi connectivity index (χ3n) is 7.71. The number of aliphatic hydroxyl groups excluding tert-OH is 1. The number of aliphatic hydroxyl groups is 1. The Kier molecular flexibility index (Phi) is 15.3. The topological polar surface area (TPSA) is 95.9 Å². The number of carbonyl (C=O) groups excluding carboxylic acids is 3. The molecular formula is C38H46N2O5. The number of hydrogen-bond donors (Lipinski definition) is 2. The number of carbonyl (C=O) groups is 3. The molecule has 0 aliphatic rings. The number of benzene rings is 3. The van der Waals surface area contributed by atoms with Gasteiger partial charge in [-0.2, -0.15) is 0 Å². The van der Waals surface area contributed by atoms with Crippen LogP contribution in [0.15, 0.2) is 116 Å². The molecule has 0 bridgehead atoms. The molecular weight excluding hydrogens is 564 g/mol. The highest BCUT2D eigenvalue weighted by Crippen LogP contribution is 2.21. The summed E-state index contributed by atoms with van der Waals surface area (Å²) in [4.78, 5) is 42.0. The molecule has 3 atom stereocenters. The lowest BCUT2D eigenvalue weighted by Crippen LogP contribution is -2.40. The van der Waals surface area contributed by atoms with Crippen LogP contribution in [-0.2, 0) is 32.1 Å². The van der Waals surface area contributed by atoms with E-state index >= 15 is 0 Å². The van der Waals surface area contributed by atoms with Crippen LogP contribution < -0.4 is 5.32 Å². The number of ether oxygens (including phenoxy) is 1. The maximum absolute atomic E-state index is 13.7. The summed E-state index contributed by atoms with van der Waals surface area (Å²) in [6, 6.07) is 28.2. The maximum Gasteiger partial charge on any atom is 0.309 e. The van der Waals surface area contributed by atoms with Gasteiger partial charge in [0.25, 0.3) is 0 Å². The summed E-state index contributed by atoms with van der Waals surface area (Å²) < 4.78 is 5.88. The molecule has 3 rings (SSSR count). The Balaban J connectivity index is 1.71. The van der Waals surface area contributed by atoms with Crippen molar-refractivity contribution in [2.24, 2.45) is 11.8 Å². The van der Waals surface area contributed by atoms with E-state index in [-0.39, 0.29) is 49.9 Å². The Morgan fingerprint density at radius 2 is 1.47 bits per heavy atom. The zero-order chi connectivity index (χ0) is 32.3. The minimum absolute atomic E-state index is 0.0409. The fourth-order valence-electron chi connectivity index (χ4n) is 5.23. The maximum atomic E-state index is 13.7. The lowest BCUT2D eigenvalue weighted by Gasteiger charge is -2.26. The lowest BCUT2D eigenvalue weighted by molar-refractivity contribution is -0.150. The van der Waals surface area contributed by atoms with Crippen LogP contribution in [-0.4, -0.2) is 47.5 Å². The first-order valence-electron chi connectivity index (χ1n) is 15.6. The number of unbranched alkanes of at least 4 members (excludes halogenated alkanes) is 1. The Hall–Kier alpha value is -4.49. The fraction of sp³-hybridized carbons (Fsp3) is 0.342. The Labute approximate surface area is 267 Å². The molecule has 7 nitrogen and oxygen atoms in total. The summed E-state index contributed by atoms with van der Waals surface area (Å²) in [5.74, 6) is -1.88. The van der Waals surface area contributed by atoms with Crippen LogP contribution in [0.4, 0.5) is 0 Å². The van der Waals surface area contributed by atoms with Crippen LogP contribution in [0.5, 0.6) is 0 Å². The fourth-order valence-corrected chi connectivity index (χ4v) is 5.23. The van der Waals surface area contributed by atoms with E-state index in [0.717, 1.165) is 29.5 Å². The summed E-state index contributed by atoms with van der Waals surface area (Å²) >= 11 is 0. The van der Waals surface area contributed by atoms with E-state index in [4.69, 9.17) is 4.74 Å². The average molecular weight is 611 g/mol. The van der Waals surface area contributed by atoms with Gasteiger partial charge in [-0.25, -0.2) is 0 Å². The Bertz CT molecular complexity index is 1330. The van der Waals surface area contributed by atoms with Gasteiger partial charge in [-0.1, -0.05) is 103 Å². The molecule has 0 aliphatic heterocycles. The second-order valence-corrected chi connectivity index (χ2v) is 11.2. The first-order valence-corrected chi connectivity index (χ1v) is 15.6. The van der Waals surface area contributed by atoms with E-state index < -0.39 is 12.0 Å². The summed E-state index contributed by atoms with van der Waals surface area (Å²) in [6.07, 6.45) is 6.58. The molecule has 45 heavy (non-hydrogen) atoms. The van der Waals surface area contributed by atoms with Gasteiger partial charge in [0.1, 0.15) is 6.61 Å². The monoisotopic (exact) mass is 610 g/mol. The predicted octanol–water partition coefficient (Wildman–Crippen LogP) is 6.21. The van der Waals surface area contributed by atoms with E-state index in [0.29, 0.717) is 25.8 Å².